The molecule has 3 rings (SSSR count). The number of rotatable bonds is 2. The van der Waals surface area contributed by atoms with Crippen LogP contribution in [0.15, 0.2) is 57.8 Å². The summed E-state index contributed by atoms with van der Waals surface area (Å²) in [6, 6.07) is 14.3. The van der Waals surface area contributed by atoms with Crippen molar-refractivity contribution in [2.75, 3.05) is 6.26 Å². The van der Waals surface area contributed by atoms with Crippen LogP contribution in [0.25, 0.3) is 10.2 Å². The highest BCUT2D eigenvalue weighted by molar-refractivity contribution is 8.00. The van der Waals surface area contributed by atoms with Crippen LogP contribution in [0.4, 0.5) is 0 Å². The lowest BCUT2D eigenvalue weighted by Crippen LogP contribution is -2.27. The fourth-order valence-electron chi connectivity index (χ4n) is 1.96. The summed E-state index contributed by atoms with van der Waals surface area (Å²) in [7, 11) is -2.15. The molecule has 0 bridgehead atoms. The zero-order valence-electron chi connectivity index (χ0n) is 13.0. The van der Waals surface area contributed by atoms with Gasteiger partial charge in [0.15, 0.2) is 0 Å². The Morgan fingerprint density at radius 1 is 1.09 bits per heavy atom. The quantitative estimate of drug-likeness (QED) is 0.396. The predicted octanol–water partition coefficient (Wildman–Crippen LogP) is 3.35. The minimum atomic E-state index is -4.27. The van der Waals surface area contributed by atoms with Crippen molar-refractivity contribution in [1.29, 1.82) is 0 Å². The number of thioether (sulfide) groups is 1. The second kappa shape index (κ2) is 7.44. The summed E-state index contributed by atoms with van der Waals surface area (Å²) in [5.74, 6) is 0. The molecule has 1 heterocycles. The molecule has 0 aliphatic carbocycles. The molecule has 7 heteroatoms. The van der Waals surface area contributed by atoms with Crippen molar-refractivity contribution in [3.05, 3.63) is 54.1 Å². The van der Waals surface area contributed by atoms with E-state index in [-0.39, 0.29) is 4.90 Å². The number of fused-ring (bicyclic) bond motifs is 1. The number of aromatic nitrogens is 1. The Morgan fingerprint density at radius 3 is 2.22 bits per heavy atom. The zero-order chi connectivity index (χ0) is 17.0. The van der Waals surface area contributed by atoms with Crippen LogP contribution >= 0.6 is 23.1 Å². The van der Waals surface area contributed by atoms with E-state index >= 15 is 0 Å². The summed E-state index contributed by atoms with van der Waals surface area (Å²) in [5.41, 5.74) is 2.25. The van der Waals surface area contributed by atoms with Gasteiger partial charge in [0.2, 0.25) is 5.52 Å². The molecule has 2 aromatic carbocycles. The van der Waals surface area contributed by atoms with Crippen LogP contribution in [-0.2, 0) is 17.2 Å². The number of hydrogen-bond donors (Lipinski definition) is 0. The monoisotopic (exact) mass is 367 g/mol. The summed E-state index contributed by atoms with van der Waals surface area (Å²) in [4.78, 5) is -0.178. The molecule has 0 saturated heterocycles. The molecule has 23 heavy (non-hydrogen) atoms. The van der Waals surface area contributed by atoms with Gasteiger partial charge in [-0.3, -0.25) is 0 Å². The topological polar surface area (TPSA) is 61.1 Å². The van der Waals surface area contributed by atoms with E-state index in [1.165, 1.54) is 26.7 Å². The van der Waals surface area contributed by atoms with Crippen LogP contribution in [0.2, 0.25) is 0 Å². The average Bonchev–Trinajstić information content (AvgIpc) is 2.84. The van der Waals surface area contributed by atoms with Crippen molar-refractivity contribution in [3.63, 3.8) is 0 Å². The molecular formula is C16H17NO3S3. The molecule has 1 aromatic heterocycles. The van der Waals surface area contributed by atoms with Gasteiger partial charge in [0.1, 0.15) is 21.9 Å². The smallest absolute Gasteiger partial charge is 0.297 e. The van der Waals surface area contributed by atoms with Crippen LogP contribution < -0.4 is 4.57 Å². The number of para-hydroxylation sites is 1. The van der Waals surface area contributed by atoms with Crippen molar-refractivity contribution in [2.24, 2.45) is 7.05 Å². The fourth-order valence-corrected chi connectivity index (χ4v) is 4.29. The molecule has 0 saturated carbocycles. The second-order valence-electron chi connectivity index (χ2n) is 4.87. The number of aryl methyl sites for hydroxylation is 2. The largest absolute Gasteiger partial charge is 0.744 e. The maximum absolute atomic E-state index is 10.4. The molecule has 0 N–H and O–H groups in total. The first-order valence-corrected chi connectivity index (χ1v) is 10.2. The molecule has 0 aliphatic rings. The summed E-state index contributed by atoms with van der Waals surface area (Å²) in [5, 5.41) is 0. The molecular weight excluding hydrogens is 350 g/mol. The van der Waals surface area contributed by atoms with Crippen LogP contribution in [0, 0.1) is 6.92 Å². The molecule has 4 nitrogen and oxygen atoms in total. The van der Waals surface area contributed by atoms with Gasteiger partial charge in [-0.2, -0.15) is 4.57 Å². The Balaban J connectivity index is 0.000000168. The summed E-state index contributed by atoms with van der Waals surface area (Å²) in [6.45, 7) is 1.82. The van der Waals surface area contributed by atoms with Gasteiger partial charge >= 0.3 is 0 Å². The lowest BCUT2D eigenvalue weighted by Gasteiger charge is -2.05. The van der Waals surface area contributed by atoms with E-state index in [1.807, 2.05) is 18.3 Å². The van der Waals surface area contributed by atoms with Crippen molar-refractivity contribution < 1.29 is 17.5 Å². The Labute approximate surface area is 144 Å². The van der Waals surface area contributed by atoms with Crippen LogP contribution in [-0.4, -0.2) is 19.2 Å². The Hall–Kier alpha value is -1.41. The molecule has 0 atom stereocenters. The zero-order valence-corrected chi connectivity index (χ0v) is 15.5. The van der Waals surface area contributed by atoms with E-state index in [4.69, 9.17) is 0 Å². The lowest BCUT2D eigenvalue weighted by molar-refractivity contribution is -0.676. The predicted molar refractivity (Wildman–Crippen MR) is 93.9 cm³/mol. The minimum Gasteiger partial charge on any atom is -0.744 e. The van der Waals surface area contributed by atoms with E-state index in [2.05, 4.69) is 42.1 Å². The fraction of sp³-hybridized carbons (Fsp3) is 0.188. The number of benzene rings is 2. The first-order valence-electron chi connectivity index (χ1n) is 6.77. The van der Waals surface area contributed by atoms with E-state index in [0.29, 0.717) is 0 Å². The molecule has 122 valence electrons. The van der Waals surface area contributed by atoms with E-state index < -0.39 is 10.1 Å². The van der Waals surface area contributed by atoms with Crippen molar-refractivity contribution in [3.8, 4) is 0 Å². The van der Waals surface area contributed by atoms with Gasteiger partial charge in [0, 0.05) is 6.07 Å². The van der Waals surface area contributed by atoms with E-state index in [0.717, 1.165) is 5.56 Å². The first kappa shape index (κ1) is 17.9. The van der Waals surface area contributed by atoms with Gasteiger partial charge in [-0.25, -0.2) is 8.42 Å². The van der Waals surface area contributed by atoms with Crippen LogP contribution in [0.1, 0.15) is 5.56 Å². The van der Waals surface area contributed by atoms with Gasteiger partial charge < -0.3 is 4.55 Å². The van der Waals surface area contributed by atoms with Crippen molar-refractivity contribution in [2.45, 2.75) is 16.2 Å². The third kappa shape index (κ3) is 4.54. The standard InChI is InChI=1S/C9H10NS2.C7H8O3S/c1-10-7-5-3-4-6-8(7)12-9(10)11-2;1-6-2-4-7(5-3-6)11(8,9)10/h3-6H,1-2H3;2-5H,1H3,(H,8,9,10)/q+1;/p-1. The van der Waals surface area contributed by atoms with Gasteiger partial charge in [-0.05, 0) is 43.1 Å². The van der Waals surface area contributed by atoms with E-state index in [9.17, 15) is 13.0 Å². The molecule has 3 aromatic rings. The van der Waals surface area contributed by atoms with E-state index in [1.54, 1.807) is 23.9 Å². The highest BCUT2D eigenvalue weighted by Crippen LogP contribution is 2.25. The van der Waals surface area contributed by atoms with Gasteiger partial charge in [-0.15, -0.1) is 0 Å². The Morgan fingerprint density at radius 2 is 1.70 bits per heavy atom. The molecule has 0 amide bonds. The van der Waals surface area contributed by atoms with Crippen molar-refractivity contribution in [1.82, 2.24) is 0 Å². The second-order valence-corrected chi connectivity index (χ2v) is 8.33. The van der Waals surface area contributed by atoms with Crippen LogP contribution in [0.5, 0.6) is 0 Å². The molecule has 0 fully saturated rings. The molecule has 0 spiro atoms. The minimum absolute atomic E-state index is 0.178. The maximum Gasteiger partial charge on any atom is 0.297 e. The summed E-state index contributed by atoms with van der Waals surface area (Å²) >= 11 is 3.65. The molecule has 0 aliphatic heterocycles. The molecule has 0 unspecified atom stereocenters. The maximum atomic E-state index is 10.4. The highest BCUT2D eigenvalue weighted by atomic mass is 32.2. The van der Waals surface area contributed by atoms with Gasteiger partial charge in [-0.1, -0.05) is 41.2 Å². The SMILES string of the molecule is CSc1sc2ccccc2[n+]1C.Cc1ccc(S(=O)(=O)[O-])cc1. The average molecular weight is 368 g/mol. The third-order valence-electron chi connectivity index (χ3n) is 3.18. The number of hydrogen-bond acceptors (Lipinski definition) is 5. The van der Waals surface area contributed by atoms with Gasteiger partial charge in [0.25, 0.3) is 4.34 Å². The summed E-state index contributed by atoms with van der Waals surface area (Å²) in [6.07, 6.45) is 2.12. The lowest BCUT2D eigenvalue weighted by atomic mass is 10.2. The molecule has 0 radical (unpaired) electrons. The normalized spacial score (nSPS) is 11.1. The van der Waals surface area contributed by atoms with Gasteiger partial charge in [0.05, 0.1) is 4.90 Å². The Kier molecular flexibility index (Phi) is 5.80. The number of thiazole rings is 1. The number of nitrogens with zero attached hydrogens (tertiary/aromatic N) is 1. The third-order valence-corrected chi connectivity index (χ3v) is 6.42. The highest BCUT2D eigenvalue weighted by Gasteiger charge is 2.14. The van der Waals surface area contributed by atoms with Crippen LogP contribution in [0.3, 0.4) is 0 Å². The Bertz CT molecular complexity index is 900. The first-order chi connectivity index (χ1) is 10.8. The van der Waals surface area contributed by atoms with Crippen molar-refractivity contribution >= 4 is 43.4 Å². The summed E-state index contributed by atoms with van der Waals surface area (Å²) < 4.78 is 36.1.